The zero-order chi connectivity index (χ0) is 18.6. The minimum atomic E-state index is -0.454. The molecule has 1 heterocycles. The van der Waals surface area contributed by atoms with Gasteiger partial charge in [0.25, 0.3) is 0 Å². The molecular weight excluding hydrogens is 316 g/mol. The van der Waals surface area contributed by atoms with Crippen molar-refractivity contribution in [3.63, 3.8) is 0 Å². The Labute approximate surface area is 150 Å². The van der Waals surface area contributed by atoms with E-state index in [0.717, 1.165) is 18.5 Å². The summed E-state index contributed by atoms with van der Waals surface area (Å²) in [5.41, 5.74) is 1.63. The second-order valence-electron chi connectivity index (χ2n) is 8.01. The van der Waals surface area contributed by atoms with Crippen molar-refractivity contribution in [2.45, 2.75) is 59.0 Å². The number of anilines is 1. The molecule has 1 fully saturated rings. The van der Waals surface area contributed by atoms with Gasteiger partial charge in [0.1, 0.15) is 5.60 Å². The molecule has 0 bridgehead atoms. The van der Waals surface area contributed by atoms with Crippen LogP contribution in [0.2, 0.25) is 0 Å². The highest BCUT2D eigenvalue weighted by Crippen LogP contribution is 2.29. The van der Waals surface area contributed by atoms with Crippen LogP contribution in [0.25, 0.3) is 0 Å². The molecule has 138 valence electrons. The smallest absolute Gasteiger partial charge is 0.410 e. The lowest BCUT2D eigenvalue weighted by molar-refractivity contribution is -0.118. The molecule has 2 rings (SSSR count). The second kappa shape index (κ2) is 7.89. The number of benzene rings is 1. The summed E-state index contributed by atoms with van der Waals surface area (Å²) in [6, 6.07) is 8.05. The Kier molecular flexibility index (Phi) is 6.09. The van der Waals surface area contributed by atoms with E-state index < -0.39 is 5.60 Å². The average molecular weight is 346 g/mol. The highest BCUT2D eigenvalue weighted by Gasteiger charge is 2.27. The van der Waals surface area contributed by atoms with Gasteiger partial charge in [-0.1, -0.05) is 26.0 Å². The number of carbonyl (C=O) groups is 2. The first-order valence-corrected chi connectivity index (χ1v) is 9.04. The number of ether oxygens (including phenoxy) is 1. The third-order valence-corrected chi connectivity index (χ3v) is 4.32. The summed E-state index contributed by atoms with van der Waals surface area (Å²) in [6.45, 7) is 10.8. The first-order chi connectivity index (χ1) is 11.7. The van der Waals surface area contributed by atoms with E-state index in [4.69, 9.17) is 4.74 Å². The summed E-state index contributed by atoms with van der Waals surface area (Å²) in [7, 11) is 0. The van der Waals surface area contributed by atoms with Crippen LogP contribution in [-0.2, 0) is 9.53 Å². The molecule has 0 spiro atoms. The van der Waals surface area contributed by atoms with Gasteiger partial charge in [0, 0.05) is 24.7 Å². The molecule has 1 aliphatic heterocycles. The predicted octanol–water partition coefficient (Wildman–Crippen LogP) is 4.40. The quantitative estimate of drug-likeness (QED) is 0.883. The van der Waals surface area contributed by atoms with Crippen molar-refractivity contribution in [2.75, 3.05) is 18.4 Å². The summed E-state index contributed by atoms with van der Waals surface area (Å²) < 4.78 is 5.44. The number of likely N-dealkylation sites (tertiary alicyclic amines) is 1. The van der Waals surface area contributed by atoms with E-state index >= 15 is 0 Å². The van der Waals surface area contributed by atoms with Crippen LogP contribution in [0.3, 0.4) is 0 Å². The molecule has 5 nitrogen and oxygen atoms in total. The Hall–Kier alpha value is -2.04. The lowest BCUT2D eigenvalue weighted by atomic mass is 9.89. The number of hydrogen-bond acceptors (Lipinski definition) is 3. The van der Waals surface area contributed by atoms with Crippen LogP contribution in [0.1, 0.15) is 58.9 Å². The van der Waals surface area contributed by atoms with Crippen LogP contribution < -0.4 is 5.32 Å². The number of piperidine rings is 1. The topological polar surface area (TPSA) is 58.6 Å². The van der Waals surface area contributed by atoms with Crippen molar-refractivity contribution in [3.05, 3.63) is 29.8 Å². The first kappa shape index (κ1) is 19.3. The molecule has 25 heavy (non-hydrogen) atoms. The van der Waals surface area contributed by atoms with Gasteiger partial charge >= 0.3 is 6.09 Å². The molecular formula is C20H30N2O3. The SMILES string of the molecule is CC(C)C(=O)Nc1ccc(C2CCN(C(=O)OC(C)(C)C)CC2)cc1. The Bertz CT molecular complexity index is 594. The summed E-state index contributed by atoms with van der Waals surface area (Å²) in [6.07, 6.45) is 1.63. The molecule has 0 radical (unpaired) electrons. The molecule has 1 N–H and O–H groups in total. The number of carbonyl (C=O) groups excluding carboxylic acids is 2. The van der Waals surface area contributed by atoms with Gasteiger partial charge in [-0.15, -0.1) is 0 Å². The highest BCUT2D eigenvalue weighted by molar-refractivity contribution is 5.92. The summed E-state index contributed by atoms with van der Waals surface area (Å²) in [5.74, 6) is 0.434. The van der Waals surface area contributed by atoms with Crippen LogP contribution in [0, 0.1) is 5.92 Å². The molecule has 0 saturated carbocycles. The Morgan fingerprint density at radius 1 is 1.12 bits per heavy atom. The number of hydrogen-bond donors (Lipinski definition) is 1. The number of amides is 2. The standard InChI is InChI=1S/C20H30N2O3/c1-14(2)18(23)21-17-8-6-15(7-9-17)16-10-12-22(13-11-16)19(24)25-20(3,4)5/h6-9,14,16H,10-13H2,1-5H3,(H,21,23). The molecule has 2 amide bonds. The van der Waals surface area contributed by atoms with Crippen molar-refractivity contribution in [3.8, 4) is 0 Å². The highest BCUT2D eigenvalue weighted by atomic mass is 16.6. The molecule has 0 aromatic heterocycles. The molecule has 0 aliphatic carbocycles. The average Bonchev–Trinajstić information content (AvgIpc) is 2.54. The minimum absolute atomic E-state index is 0.0263. The Balaban J connectivity index is 1.88. The summed E-state index contributed by atoms with van der Waals surface area (Å²) >= 11 is 0. The Morgan fingerprint density at radius 2 is 1.68 bits per heavy atom. The maximum Gasteiger partial charge on any atom is 0.410 e. The van der Waals surface area contributed by atoms with Gasteiger partial charge in [-0.2, -0.15) is 0 Å². The van der Waals surface area contributed by atoms with E-state index in [9.17, 15) is 9.59 Å². The monoisotopic (exact) mass is 346 g/mol. The minimum Gasteiger partial charge on any atom is -0.444 e. The fourth-order valence-corrected chi connectivity index (χ4v) is 2.85. The van der Waals surface area contributed by atoms with Crippen LogP contribution in [0.5, 0.6) is 0 Å². The summed E-state index contributed by atoms with van der Waals surface area (Å²) in [5, 5.41) is 2.91. The molecule has 1 saturated heterocycles. The maximum atomic E-state index is 12.1. The zero-order valence-electron chi connectivity index (χ0n) is 16.0. The molecule has 0 atom stereocenters. The largest absolute Gasteiger partial charge is 0.444 e. The van der Waals surface area contributed by atoms with Gasteiger partial charge in [-0.25, -0.2) is 4.79 Å². The number of rotatable bonds is 3. The summed E-state index contributed by atoms with van der Waals surface area (Å²) in [4.78, 5) is 25.7. The van der Waals surface area contributed by atoms with Crippen molar-refractivity contribution in [1.82, 2.24) is 4.90 Å². The van der Waals surface area contributed by atoms with Crippen LogP contribution in [0.4, 0.5) is 10.5 Å². The second-order valence-corrected chi connectivity index (χ2v) is 8.01. The number of nitrogens with one attached hydrogen (secondary N) is 1. The first-order valence-electron chi connectivity index (χ1n) is 9.04. The predicted molar refractivity (Wildman–Crippen MR) is 99.7 cm³/mol. The Morgan fingerprint density at radius 3 is 2.16 bits per heavy atom. The third-order valence-electron chi connectivity index (χ3n) is 4.32. The van der Waals surface area contributed by atoms with Gasteiger partial charge in [0.05, 0.1) is 0 Å². The van der Waals surface area contributed by atoms with Crippen molar-refractivity contribution in [1.29, 1.82) is 0 Å². The fraction of sp³-hybridized carbons (Fsp3) is 0.600. The van der Waals surface area contributed by atoms with Crippen LogP contribution in [0.15, 0.2) is 24.3 Å². The molecule has 0 unspecified atom stereocenters. The van der Waals surface area contributed by atoms with E-state index in [1.807, 2.05) is 46.8 Å². The fourth-order valence-electron chi connectivity index (χ4n) is 2.85. The van der Waals surface area contributed by atoms with Crippen molar-refractivity contribution >= 4 is 17.7 Å². The van der Waals surface area contributed by atoms with E-state index in [1.165, 1.54) is 5.56 Å². The lowest BCUT2D eigenvalue weighted by Gasteiger charge is -2.33. The van der Waals surface area contributed by atoms with Gasteiger partial charge < -0.3 is 15.0 Å². The van der Waals surface area contributed by atoms with Crippen LogP contribution >= 0.6 is 0 Å². The maximum absolute atomic E-state index is 12.1. The van der Waals surface area contributed by atoms with E-state index in [2.05, 4.69) is 17.4 Å². The van der Waals surface area contributed by atoms with E-state index in [-0.39, 0.29) is 17.9 Å². The molecule has 1 aromatic carbocycles. The lowest BCUT2D eigenvalue weighted by Crippen LogP contribution is -2.41. The van der Waals surface area contributed by atoms with E-state index in [0.29, 0.717) is 19.0 Å². The van der Waals surface area contributed by atoms with Gasteiger partial charge in [-0.05, 0) is 57.2 Å². The van der Waals surface area contributed by atoms with Gasteiger partial charge in [0.15, 0.2) is 0 Å². The number of nitrogens with zero attached hydrogens (tertiary/aromatic N) is 1. The molecule has 1 aromatic rings. The normalized spacial score (nSPS) is 16.0. The van der Waals surface area contributed by atoms with Crippen LogP contribution in [-0.4, -0.2) is 35.6 Å². The molecule has 5 heteroatoms. The molecule has 1 aliphatic rings. The third kappa shape index (κ3) is 5.76. The van der Waals surface area contributed by atoms with E-state index in [1.54, 1.807) is 4.90 Å². The van der Waals surface area contributed by atoms with Gasteiger partial charge in [0.2, 0.25) is 5.91 Å². The van der Waals surface area contributed by atoms with Crippen molar-refractivity contribution < 1.29 is 14.3 Å². The zero-order valence-corrected chi connectivity index (χ0v) is 16.0. The van der Waals surface area contributed by atoms with Gasteiger partial charge in [-0.3, -0.25) is 4.79 Å². The van der Waals surface area contributed by atoms with Crippen molar-refractivity contribution in [2.24, 2.45) is 5.92 Å².